The summed E-state index contributed by atoms with van der Waals surface area (Å²) in [6.45, 7) is 2.21. The lowest BCUT2D eigenvalue weighted by molar-refractivity contribution is -0.142. The van der Waals surface area contributed by atoms with E-state index in [4.69, 9.17) is 4.74 Å². The first kappa shape index (κ1) is 12.2. The number of rotatable bonds is 6. The second-order valence-corrected chi connectivity index (χ2v) is 3.01. The van der Waals surface area contributed by atoms with Crippen molar-refractivity contribution in [1.29, 1.82) is 0 Å². The van der Waals surface area contributed by atoms with Crippen molar-refractivity contribution in [3.63, 3.8) is 0 Å². The Hall–Kier alpha value is -1.91. The van der Waals surface area contributed by atoms with Gasteiger partial charge in [0.1, 0.15) is 0 Å². The predicted octanol–water partition coefficient (Wildman–Crippen LogP) is 1.82. The van der Waals surface area contributed by atoms with Crippen LogP contribution in [0.4, 0.5) is 5.69 Å². The van der Waals surface area contributed by atoms with Gasteiger partial charge in [-0.05, 0) is 25.5 Å². The zero-order valence-corrected chi connectivity index (χ0v) is 9.22. The zero-order chi connectivity index (χ0) is 11.6. The van der Waals surface area contributed by atoms with E-state index in [1.54, 1.807) is 25.5 Å². The predicted molar refractivity (Wildman–Crippen MR) is 62.2 cm³/mol. The zero-order valence-electron chi connectivity index (χ0n) is 9.22. The summed E-state index contributed by atoms with van der Waals surface area (Å²) in [5.41, 5.74) is 3.62. The Balaban J connectivity index is 2.16. The molecule has 0 spiro atoms. The molecule has 0 radical (unpaired) electrons. The Morgan fingerprint density at radius 1 is 1.69 bits per heavy atom. The van der Waals surface area contributed by atoms with E-state index in [1.165, 1.54) is 0 Å². The lowest BCUT2D eigenvalue weighted by Crippen LogP contribution is -2.03. The largest absolute Gasteiger partial charge is 0.466 e. The summed E-state index contributed by atoms with van der Waals surface area (Å²) < 4.78 is 4.78. The van der Waals surface area contributed by atoms with Crippen molar-refractivity contribution in [2.24, 2.45) is 5.10 Å². The molecule has 1 heterocycles. The average molecular weight is 221 g/mol. The number of hydrazone groups is 1. The molecule has 0 aliphatic heterocycles. The SMILES string of the molecule is CCOC(=O)CCC=NNc1cccnc1. The van der Waals surface area contributed by atoms with E-state index in [0.29, 0.717) is 19.4 Å². The van der Waals surface area contributed by atoms with E-state index < -0.39 is 0 Å². The maximum absolute atomic E-state index is 11.0. The van der Waals surface area contributed by atoms with E-state index >= 15 is 0 Å². The van der Waals surface area contributed by atoms with Crippen LogP contribution in [0, 0.1) is 0 Å². The Morgan fingerprint density at radius 2 is 2.56 bits per heavy atom. The van der Waals surface area contributed by atoms with Crippen LogP contribution in [-0.2, 0) is 9.53 Å². The van der Waals surface area contributed by atoms with E-state index in [1.807, 2.05) is 12.1 Å². The highest BCUT2D eigenvalue weighted by Crippen LogP contribution is 2.01. The summed E-state index contributed by atoms with van der Waals surface area (Å²) >= 11 is 0. The Morgan fingerprint density at radius 3 is 3.25 bits per heavy atom. The molecule has 0 aliphatic rings. The Labute approximate surface area is 94.5 Å². The van der Waals surface area contributed by atoms with Crippen LogP contribution in [-0.4, -0.2) is 23.8 Å². The summed E-state index contributed by atoms with van der Waals surface area (Å²) in [7, 11) is 0. The van der Waals surface area contributed by atoms with Gasteiger partial charge in [0.25, 0.3) is 0 Å². The molecule has 1 N–H and O–H groups in total. The van der Waals surface area contributed by atoms with Gasteiger partial charge < -0.3 is 4.74 Å². The molecule has 0 bridgehead atoms. The second kappa shape index (κ2) is 7.39. The van der Waals surface area contributed by atoms with Gasteiger partial charge in [-0.3, -0.25) is 15.2 Å². The smallest absolute Gasteiger partial charge is 0.306 e. The van der Waals surface area contributed by atoms with Crippen LogP contribution in [0.2, 0.25) is 0 Å². The van der Waals surface area contributed by atoms with Gasteiger partial charge in [0.15, 0.2) is 0 Å². The van der Waals surface area contributed by atoms with Gasteiger partial charge in [0.2, 0.25) is 0 Å². The van der Waals surface area contributed by atoms with E-state index in [-0.39, 0.29) is 5.97 Å². The number of anilines is 1. The normalized spacial score (nSPS) is 10.3. The molecule has 0 aliphatic carbocycles. The van der Waals surface area contributed by atoms with Gasteiger partial charge >= 0.3 is 5.97 Å². The van der Waals surface area contributed by atoms with Crippen LogP contribution >= 0.6 is 0 Å². The molecule has 0 unspecified atom stereocenters. The van der Waals surface area contributed by atoms with Crippen LogP contribution < -0.4 is 5.43 Å². The number of aromatic nitrogens is 1. The van der Waals surface area contributed by atoms with Crippen LogP contribution in [0.5, 0.6) is 0 Å². The molecule has 1 aromatic rings. The number of hydrogen-bond donors (Lipinski definition) is 1. The van der Waals surface area contributed by atoms with Crippen LogP contribution in [0.1, 0.15) is 19.8 Å². The standard InChI is InChI=1S/C11H15N3O2/c1-2-16-11(15)6-4-8-13-14-10-5-3-7-12-9-10/h3,5,7-9,14H,2,4,6H2,1H3. The maximum atomic E-state index is 11.0. The average Bonchev–Trinajstić information content (AvgIpc) is 2.30. The van der Waals surface area contributed by atoms with Gasteiger partial charge in [-0.15, -0.1) is 0 Å². The highest BCUT2D eigenvalue weighted by atomic mass is 16.5. The minimum atomic E-state index is -0.199. The quantitative estimate of drug-likeness (QED) is 0.452. The van der Waals surface area contributed by atoms with Gasteiger partial charge in [-0.2, -0.15) is 5.10 Å². The van der Waals surface area contributed by atoms with E-state index in [9.17, 15) is 4.79 Å². The third-order valence-corrected chi connectivity index (χ3v) is 1.73. The van der Waals surface area contributed by atoms with Crippen LogP contribution in [0.3, 0.4) is 0 Å². The lowest BCUT2D eigenvalue weighted by atomic mass is 10.3. The van der Waals surface area contributed by atoms with Crippen molar-refractivity contribution in [2.45, 2.75) is 19.8 Å². The number of carbonyl (C=O) groups is 1. The topological polar surface area (TPSA) is 63.6 Å². The molecule has 16 heavy (non-hydrogen) atoms. The van der Waals surface area contributed by atoms with Gasteiger partial charge in [0, 0.05) is 12.4 Å². The fraction of sp³-hybridized carbons (Fsp3) is 0.364. The Bertz CT molecular complexity index is 338. The number of ether oxygens (including phenoxy) is 1. The van der Waals surface area contributed by atoms with Crippen molar-refractivity contribution >= 4 is 17.9 Å². The summed E-state index contributed by atoms with van der Waals surface area (Å²) in [6, 6.07) is 3.67. The number of carbonyl (C=O) groups excluding carboxylic acids is 1. The molecule has 0 saturated carbocycles. The van der Waals surface area contributed by atoms with Gasteiger partial charge in [-0.25, -0.2) is 0 Å². The molecule has 0 amide bonds. The molecule has 5 nitrogen and oxygen atoms in total. The molecule has 0 aromatic carbocycles. The van der Waals surface area contributed by atoms with Crippen molar-refractivity contribution < 1.29 is 9.53 Å². The second-order valence-electron chi connectivity index (χ2n) is 3.01. The minimum absolute atomic E-state index is 0.199. The molecule has 0 saturated heterocycles. The van der Waals surface area contributed by atoms with Crippen LogP contribution in [0.25, 0.3) is 0 Å². The molecule has 5 heteroatoms. The summed E-state index contributed by atoms with van der Waals surface area (Å²) in [5, 5.41) is 3.95. The highest BCUT2D eigenvalue weighted by molar-refractivity contribution is 5.73. The third-order valence-electron chi connectivity index (χ3n) is 1.73. The molecule has 86 valence electrons. The lowest BCUT2D eigenvalue weighted by Gasteiger charge is -1.99. The molecule has 1 aromatic heterocycles. The first-order chi connectivity index (χ1) is 7.83. The van der Waals surface area contributed by atoms with Crippen molar-refractivity contribution in [3.05, 3.63) is 24.5 Å². The number of esters is 1. The number of pyridine rings is 1. The maximum Gasteiger partial charge on any atom is 0.306 e. The monoisotopic (exact) mass is 221 g/mol. The van der Waals surface area contributed by atoms with Crippen molar-refractivity contribution in [1.82, 2.24) is 4.98 Å². The van der Waals surface area contributed by atoms with E-state index in [0.717, 1.165) is 5.69 Å². The fourth-order valence-electron chi connectivity index (χ4n) is 1.03. The van der Waals surface area contributed by atoms with Gasteiger partial charge in [0.05, 0.1) is 24.9 Å². The summed E-state index contributed by atoms with van der Waals surface area (Å²) in [6.07, 6.45) is 5.92. The number of hydrogen-bond acceptors (Lipinski definition) is 5. The third kappa shape index (κ3) is 5.09. The number of nitrogens with one attached hydrogen (secondary N) is 1. The molecule has 0 atom stereocenters. The van der Waals surface area contributed by atoms with Crippen molar-refractivity contribution in [3.8, 4) is 0 Å². The van der Waals surface area contributed by atoms with Crippen molar-refractivity contribution in [2.75, 3.05) is 12.0 Å². The number of nitrogens with zero attached hydrogens (tertiary/aromatic N) is 2. The minimum Gasteiger partial charge on any atom is -0.466 e. The first-order valence-electron chi connectivity index (χ1n) is 5.16. The summed E-state index contributed by atoms with van der Waals surface area (Å²) in [5.74, 6) is -0.199. The van der Waals surface area contributed by atoms with Crippen LogP contribution in [0.15, 0.2) is 29.6 Å². The molecule has 0 fully saturated rings. The highest BCUT2D eigenvalue weighted by Gasteiger charge is 1.98. The Kier molecular flexibility index (Phi) is 5.62. The first-order valence-corrected chi connectivity index (χ1v) is 5.16. The molecule has 1 rings (SSSR count). The summed E-state index contributed by atoms with van der Waals surface area (Å²) in [4.78, 5) is 14.9. The van der Waals surface area contributed by atoms with Gasteiger partial charge in [-0.1, -0.05) is 0 Å². The molecular formula is C11H15N3O2. The van der Waals surface area contributed by atoms with E-state index in [2.05, 4.69) is 15.5 Å². The molecular weight excluding hydrogens is 206 g/mol. The fourth-order valence-corrected chi connectivity index (χ4v) is 1.03.